The molecule has 138 valence electrons. The second kappa shape index (κ2) is 8.71. The van der Waals surface area contributed by atoms with E-state index in [1.165, 1.54) is 0 Å². The van der Waals surface area contributed by atoms with Crippen LogP contribution < -0.4 is 10.1 Å². The maximum absolute atomic E-state index is 13.0. The fraction of sp³-hybridized carbons (Fsp3) is 0.368. The van der Waals surface area contributed by atoms with E-state index in [0.717, 1.165) is 32.5 Å². The Balaban J connectivity index is 1.81. The average molecular weight is 394 g/mol. The van der Waals surface area contributed by atoms with Gasteiger partial charge < -0.3 is 15.0 Å². The zero-order valence-corrected chi connectivity index (χ0v) is 16.1. The fourth-order valence-electron chi connectivity index (χ4n) is 3.17. The minimum absolute atomic E-state index is 0.0704. The summed E-state index contributed by atoms with van der Waals surface area (Å²) in [6.07, 6.45) is 3.72. The van der Waals surface area contributed by atoms with Crippen LogP contribution in [-0.2, 0) is 0 Å². The summed E-state index contributed by atoms with van der Waals surface area (Å²) in [5.74, 6) is 1.05. The molecule has 0 radical (unpaired) electrons. The van der Waals surface area contributed by atoms with Crippen molar-refractivity contribution in [3.8, 4) is 11.6 Å². The lowest BCUT2D eigenvalue weighted by molar-refractivity contribution is 0.0671. The van der Waals surface area contributed by atoms with Crippen LogP contribution in [0.4, 0.5) is 0 Å². The third-order valence-electron chi connectivity index (χ3n) is 4.40. The molecule has 0 saturated carbocycles. The minimum Gasteiger partial charge on any atom is -0.437 e. The lowest BCUT2D eigenvalue weighted by Crippen LogP contribution is -2.42. The number of carbonyl (C=O) groups is 1. The molecular formula is C19H21Cl2N3O2. The van der Waals surface area contributed by atoms with Gasteiger partial charge in [0.2, 0.25) is 5.88 Å². The molecule has 1 N–H and O–H groups in total. The molecule has 0 bridgehead atoms. The standard InChI is InChI=1S/C19H21Cl2N3O2/c1-22-11-13-4-3-9-24(12-13)19(25)15-5-2-8-23-18(15)26-17-7-6-14(20)10-16(17)21/h2,5-8,10,13,22H,3-4,9,11-12H2,1H3/t13-/m1/s1. The molecule has 1 aliphatic heterocycles. The third-order valence-corrected chi connectivity index (χ3v) is 4.93. The Labute approximate surface area is 163 Å². The number of piperidine rings is 1. The Morgan fingerprint density at radius 3 is 3.00 bits per heavy atom. The van der Waals surface area contributed by atoms with Crippen molar-refractivity contribution in [3.05, 3.63) is 52.1 Å². The van der Waals surface area contributed by atoms with Gasteiger partial charge in [0.1, 0.15) is 11.3 Å². The number of amides is 1. The van der Waals surface area contributed by atoms with E-state index >= 15 is 0 Å². The molecule has 0 spiro atoms. The van der Waals surface area contributed by atoms with Crippen molar-refractivity contribution in [2.45, 2.75) is 12.8 Å². The van der Waals surface area contributed by atoms with Gasteiger partial charge in [0, 0.05) is 24.3 Å². The van der Waals surface area contributed by atoms with Gasteiger partial charge in [0.15, 0.2) is 0 Å². The molecule has 3 rings (SSSR count). The lowest BCUT2D eigenvalue weighted by atomic mass is 9.97. The monoisotopic (exact) mass is 393 g/mol. The Kier molecular flexibility index (Phi) is 6.35. The van der Waals surface area contributed by atoms with E-state index in [1.807, 2.05) is 11.9 Å². The van der Waals surface area contributed by atoms with Crippen molar-refractivity contribution in [2.75, 3.05) is 26.7 Å². The van der Waals surface area contributed by atoms with Crippen LogP contribution in [0.5, 0.6) is 11.6 Å². The van der Waals surface area contributed by atoms with Crippen LogP contribution >= 0.6 is 23.2 Å². The summed E-state index contributed by atoms with van der Waals surface area (Å²) in [5, 5.41) is 4.08. The number of hydrogen-bond acceptors (Lipinski definition) is 4. The molecule has 2 aromatic rings. The summed E-state index contributed by atoms with van der Waals surface area (Å²) in [7, 11) is 1.93. The first kappa shape index (κ1) is 19.0. The molecule has 1 aromatic heterocycles. The van der Waals surface area contributed by atoms with Gasteiger partial charge in [-0.2, -0.15) is 0 Å². The Hall–Kier alpha value is -1.82. The number of carbonyl (C=O) groups excluding carboxylic acids is 1. The van der Waals surface area contributed by atoms with Gasteiger partial charge in [0.05, 0.1) is 5.02 Å². The number of nitrogens with zero attached hydrogens (tertiary/aromatic N) is 2. The highest BCUT2D eigenvalue weighted by atomic mass is 35.5. The van der Waals surface area contributed by atoms with E-state index in [2.05, 4.69) is 10.3 Å². The molecule has 0 aliphatic carbocycles. The smallest absolute Gasteiger partial charge is 0.259 e. The SMILES string of the molecule is CNC[C@H]1CCCN(C(=O)c2cccnc2Oc2ccc(Cl)cc2Cl)C1. The molecule has 1 aromatic carbocycles. The van der Waals surface area contributed by atoms with Gasteiger partial charge >= 0.3 is 0 Å². The molecule has 26 heavy (non-hydrogen) atoms. The normalized spacial score (nSPS) is 17.2. The predicted octanol–water partition coefficient (Wildman–Crippen LogP) is 4.25. The second-order valence-corrected chi connectivity index (χ2v) is 7.19. The van der Waals surface area contributed by atoms with E-state index in [-0.39, 0.29) is 11.8 Å². The summed E-state index contributed by atoms with van der Waals surface area (Å²) in [6.45, 7) is 2.38. The molecule has 1 aliphatic rings. The minimum atomic E-state index is -0.0704. The van der Waals surface area contributed by atoms with Crippen LogP contribution in [-0.4, -0.2) is 42.5 Å². The van der Waals surface area contributed by atoms with Crippen molar-refractivity contribution in [1.29, 1.82) is 0 Å². The first-order chi connectivity index (χ1) is 12.6. The Morgan fingerprint density at radius 1 is 1.38 bits per heavy atom. The lowest BCUT2D eigenvalue weighted by Gasteiger charge is -2.33. The highest BCUT2D eigenvalue weighted by Crippen LogP contribution is 2.32. The van der Waals surface area contributed by atoms with Gasteiger partial charge in [-0.1, -0.05) is 23.2 Å². The van der Waals surface area contributed by atoms with Crippen LogP contribution in [0, 0.1) is 5.92 Å². The summed E-state index contributed by atoms with van der Waals surface area (Å²) in [6, 6.07) is 8.41. The number of nitrogens with one attached hydrogen (secondary N) is 1. The summed E-state index contributed by atoms with van der Waals surface area (Å²) < 4.78 is 5.82. The third kappa shape index (κ3) is 4.47. The number of likely N-dealkylation sites (tertiary alicyclic amines) is 1. The van der Waals surface area contributed by atoms with Gasteiger partial charge in [-0.25, -0.2) is 4.98 Å². The van der Waals surface area contributed by atoms with Gasteiger partial charge in [-0.3, -0.25) is 4.79 Å². The van der Waals surface area contributed by atoms with Crippen molar-refractivity contribution in [2.24, 2.45) is 5.92 Å². The van der Waals surface area contributed by atoms with Gasteiger partial charge in [-0.15, -0.1) is 0 Å². The Bertz CT molecular complexity index is 783. The maximum Gasteiger partial charge on any atom is 0.259 e. The zero-order valence-electron chi connectivity index (χ0n) is 14.5. The number of rotatable bonds is 5. The average Bonchev–Trinajstić information content (AvgIpc) is 2.64. The quantitative estimate of drug-likeness (QED) is 0.824. The van der Waals surface area contributed by atoms with E-state index in [4.69, 9.17) is 27.9 Å². The van der Waals surface area contributed by atoms with Crippen LogP contribution in [0.25, 0.3) is 0 Å². The number of benzene rings is 1. The summed E-state index contributed by atoms with van der Waals surface area (Å²) >= 11 is 12.1. The first-order valence-electron chi connectivity index (χ1n) is 8.60. The van der Waals surface area contributed by atoms with Gasteiger partial charge in [-0.05, 0) is 62.7 Å². The van der Waals surface area contributed by atoms with Crippen LogP contribution in [0.2, 0.25) is 10.0 Å². The van der Waals surface area contributed by atoms with E-state index in [0.29, 0.717) is 27.3 Å². The molecule has 1 amide bonds. The predicted molar refractivity (Wildman–Crippen MR) is 103 cm³/mol. The van der Waals surface area contributed by atoms with E-state index in [9.17, 15) is 4.79 Å². The van der Waals surface area contributed by atoms with Crippen molar-refractivity contribution >= 4 is 29.1 Å². The highest BCUT2D eigenvalue weighted by molar-refractivity contribution is 6.35. The topological polar surface area (TPSA) is 54.5 Å². The van der Waals surface area contributed by atoms with Crippen molar-refractivity contribution < 1.29 is 9.53 Å². The summed E-state index contributed by atoms with van der Waals surface area (Å²) in [4.78, 5) is 19.1. The van der Waals surface area contributed by atoms with Crippen LogP contribution in [0.1, 0.15) is 23.2 Å². The van der Waals surface area contributed by atoms with E-state index in [1.54, 1.807) is 36.5 Å². The van der Waals surface area contributed by atoms with Gasteiger partial charge in [0.25, 0.3) is 5.91 Å². The number of ether oxygens (including phenoxy) is 1. The van der Waals surface area contributed by atoms with Crippen molar-refractivity contribution in [3.63, 3.8) is 0 Å². The molecule has 1 fully saturated rings. The van der Waals surface area contributed by atoms with E-state index < -0.39 is 0 Å². The van der Waals surface area contributed by atoms with Crippen molar-refractivity contribution in [1.82, 2.24) is 15.2 Å². The number of pyridine rings is 1. The highest BCUT2D eigenvalue weighted by Gasteiger charge is 2.26. The number of aromatic nitrogens is 1. The summed E-state index contributed by atoms with van der Waals surface area (Å²) in [5.41, 5.74) is 0.434. The molecule has 1 atom stereocenters. The van der Waals surface area contributed by atoms with Crippen LogP contribution in [0.15, 0.2) is 36.5 Å². The molecular weight excluding hydrogens is 373 g/mol. The number of halogens is 2. The second-order valence-electron chi connectivity index (χ2n) is 6.35. The molecule has 2 heterocycles. The number of hydrogen-bond donors (Lipinski definition) is 1. The zero-order chi connectivity index (χ0) is 18.5. The van der Waals surface area contributed by atoms with Crippen LogP contribution in [0.3, 0.4) is 0 Å². The Morgan fingerprint density at radius 2 is 2.23 bits per heavy atom. The maximum atomic E-state index is 13.0. The molecule has 5 nitrogen and oxygen atoms in total. The largest absolute Gasteiger partial charge is 0.437 e. The molecule has 0 unspecified atom stereocenters. The fourth-order valence-corrected chi connectivity index (χ4v) is 3.62. The molecule has 7 heteroatoms. The first-order valence-corrected chi connectivity index (χ1v) is 9.36. The molecule has 1 saturated heterocycles.